The molecule has 1 aliphatic rings. The van der Waals surface area contributed by atoms with Crippen molar-refractivity contribution in [2.45, 2.75) is 25.1 Å². The maximum Gasteiger partial charge on any atom is 0.0423 e. The van der Waals surface area contributed by atoms with Crippen molar-refractivity contribution in [2.24, 2.45) is 5.73 Å². The molecule has 1 atom stereocenters. The third-order valence-electron chi connectivity index (χ3n) is 3.23. The minimum Gasteiger partial charge on any atom is -0.369 e. The lowest BCUT2D eigenvalue weighted by molar-refractivity contribution is 0.724. The van der Waals surface area contributed by atoms with Gasteiger partial charge in [-0.2, -0.15) is 11.8 Å². The van der Waals surface area contributed by atoms with Gasteiger partial charge in [-0.25, -0.2) is 0 Å². The van der Waals surface area contributed by atoms with Gasteiger partial charge < -0.3 is 10.6 Å². The normalized spacial score (nSPS) is 20.6. The van der Waals surface area contributed by atoms with Gasteiger partial charge in [-0.05, 0) is 18.6 Å². The lowest BCUT2D eigenvalue weighted by atomic mass is 10.1. The molecule has 1 aromatic rings. The molecule has 1 heterocycles. The summed E-state index contributed by atoms with van der Waals surface area (Å²) in [5.41, 5.74) is 8.40. The summed E-state index contributed by atoms with van der Waals surface area (Å²) >= 11 is 5.69. The first-order valence-corrected chi connectivity index (χ1v) is 7.94. The van der Waals surface area contributed by atoms with Crippen molar-refractivity contribution in [1.82, 2.24) is 0 Å². The number of anilines is 1. The van der Waals surface area contributed by atoms with Crippen LogP contribution < -0.4 is 10.6 Å². The first kappa shape index (κ1) is 13.2. The smallest absolute Gasteiger partial charge is 0.0423 e. The van der Waals surface area contributed by atoms with E-state index in [0.717, 1.165) is 22.8 Å². The van der Waals surface area contributed by atoms with E-state index in [9.17, 15) is 0 Å². The van der Waals surface area contributed by atoms with E-state index in [2.05, 4.69) is 57.7 Å². The van der Waals surface area contributed by atoms with Crippen molar-refractivity contribution < 1.29 is 0 Å². The molecule has 4 heteroatoms. The molecule has 1 saturated heterocycles. The number of benzene rings is 1. The number of halogens is 1. The minimum absolute atomic E-state index is 0.594. The zero-order chi connectivity index (χ0) is 12.3. The molecule has 1 aliphatic heterocycles. The third-order valence-corrected chi connectivity index (χ3v) is 5.35. The first-order valence-electron chi connectivity index (χ1n) is 6.10. The van der Waals surface area contributed by atoms with Gasteiger partial charge in [0.05, 0.1) is 0 Å². The summed E-state index contributed by atoms with van der Waals surface area (Å²) < 4.78 is 1.13. The molecule has 1 unspecified atom stereocenters. The van der Waals surface area contributed by atoms with Crippen LogP contribution in [0.4, 0.5) is 5.69 Å². The fraction of sp³-hybridized carbons (Fsp3) is 0.538. The molecule has 2 N–H and O–H groups in total. The highest BCUT2D eigenvalue weighted by molar-refractivity contribution is 9.10. The summed E-state index contributed by atoms with van der Waals surface area (Å²) in [7, 11) is 0. The van der Waals surface area contributed by atoms with Crippen LogP contribution in [0.5, 0.6) is 0 Å². The lowest BCUT2D eigenvalue weighted by Gasteiger charge is -2.35. The number of hydrogen-bond acceptors (Lipinski definition) is 3. The molecule has 94 valence electrons. The van der Waals surface area contributed by atoms with Gasteiger partial charge in [-0.3, -0.25) is 0 Å². The third kappa shape index (κ3) is 2.98. The van der Waals surface area contributed by atoms with Gasteiger partial charge in [0, 0.05) is 46.4 Å². The van der Waals surface area contributed by atoms with Gasteiger partial charge >= 0.3 is 0 Å². The quantitative estimate of drug-likeness (QED) is 0.928. The Bertz CT molecular complexity index is 384. The Morgan fingerprint density at radius 2 is 2.35 bits per heavy atom. The summed E-state index contributed by atoms with van der Waals surface area (Å²) in [4.78, 5) is 2.48. The Morgan fingerprint density at radius 3 is 3.06 bits per heavy atom. The molecule has 1 fully saturated rings. The molecule has 0 aromatic heterocycles. The van der Waals surface area contributed by atoms with E-state index in [1.807, 2.05) is 0 Å². The van der Waals surface area contributed by atoms with E-state index < -0.39 is 0 Å². The van der Waals surface area contributed by atoms with Gasteiger partial charge in [0.1, 0.15) is 0 Å². The van der Waals surface area contributed by atoms with Gasteiger partial charge in [0.2, 0.25) is 0 Å². The maximum atomic E-state index is 5.86. The van der Waals surface area contributed by atoms with Crippen LogP contribution in [0.2, 0.25) is 0 Å². The fourth-order valence-electron chi connectivity index (χ4n) is 2.23. The molecule has 0 amide bonds. The second kappa shape index (κ2) is 6.12. The van der Waals surface area contributed by atoms with Crippen molar-refractivity contribution in [1.29, 1.82) is 0 Å². The standard InChI is InChI=1S/C13H19BrN2S/c1-2-10-9-16(6-7-17-10)13-5-3-4-12(14)11(13)8-15/h3-5,10H,2,6-9,15H2,1H3. The Kier molecular flexibility index (Phi) is 4.77. The van der Waals surface area contributed by atoms with Crippen molar-refractivity contribution in [3.8, 4) is 0 Å². The average Bonchev–Trinajstić information content (AvgIpc) is 2.38. The van der Waals surface area contributed by atoms with Crippen molar-refractivity contribution in [3.63, 3.8) is 0 Å². The zero-order valence-corrected chi connectivity index (χ0v) is 12.6. The maximum absolute atomic E-state index is 5.86. The molecule has 0 aliphatic carbocycles. The summed E-state index contributed by atoms with van der Waals surface area (Å²) in [6.45, 7) is 5.14. The predicted octanol–water partition coefficient (Wildman–Crippen LogP) is 3.24. The summed E-state index contributed by atoms with van der Waals surface area (Å²) in [6.07, 6.45) is 1.24. The molecule has 2 nitrogen and oxygen atoms in total. The second-order valence-electron chi connectivity index (χ2n) is 4.29. The second-order valence-corrected chi connectivity index (χ2v) is 6.55. The number of rotatable bonds is 3. The predicted molar refractivity (Wildman–Crippen MR) is 80.8 cm³/mol. The summed E-state index contributed by atoms with van der Waals surface area (Å²) in [5.74, 6) is 1.22. The highest BCUT2D eigenvalue weighted by atomic mass is 79.9. The van der Waals surface area contributed by atoms with Crippen molar-refractivity contribution in [2.75, 3.05) is 23.7 Å². The summed E-state index contributed by atoms with van der Waals surface area (Å²) in [6, 6.07) is 6.36. The topological polar surface area (TPSA) is 29.3 Å². The zero-order valence-electron chi connectivity index (χ0n) is 10.2. The minimum atomic E-state index is 0.594. The van der Waals surface area contributed by atoms with Crippen LogP contribution in [0.1, 0.15) is 18.9 Å². The number of nitrogens with zero attached hydrogens (tertiary/aromatic N) is 1. The van der Waals surface area contributed by atoms with Crippen LogP contribution in [-0.2, 0) is 6.54 Å². The molecule has 0 saturated carbocycles. The Balaban J connectivity index is 2.24. The molecule has 0 spiro atoms. The highest BCUT2D eigenvalue weighted by Crippen LogP contribution is 2.31. The molecule has 17 heavy (non-hydrogen) atoms. The fourth-order valence-corrected chi connectivity index (χ4v) is 3.93. The van der Waals surface area contributed by atoms with E-state index in [1.54, 1.807) is 0 Å². The average molecular weight is 315 g/mol. The number of nitrogens with two attached hydrogens (primary N) is 1. The highest BCUT2D eigenvalue weighted by Gasteiger charge is 2.21. The first-order chi connectivity index (χ1) is 8.26. The van der Waals surface area contributed by atoms with E-state index in [4.69, 9.17) is 5.73 Å². The Morgan fingerprint density at radius 1 is 1.53 bits per heavy atom. The Labute approximate surface area is 116 Å². The van der Waals surface area contributed by atoms with E-state index in [1.165, 1.54) is 23.4 Å². The lowest BCUT2D eigenvalue weighted by Crippen LogP contribution is -2.38. The van der Waals surface area contributed by atoms with Gasteiger partial charge in [-0.1, -0.05) is 28.9 Å². The van der Waals surface area contributed by atoms with Crippen LogP contribution >= 0.6 is 27.7 Å². The molecule has 0 radical (unpaired) electrons. The van der Waals surface area contributed by atoms with Crippen LogP contribution in [0.3, 0.4) is 0 Å². The van der Waals surface area contributed by atoms with Crippen LogP contribution in [0, 0.1) is 0 Å². The number of thioether (sulfide) groups is 1. The van der Waals surface area contributed by atoms with Gasteiger partial charge in [0.25, 0.3) is 0 Å². The SMILES string of the molecule is CCC1CN(c2cccc(Br)c2CN)CCS1. The van der Waals surface area contributed by atoms with Gasteiger partial charge in [-0.15, -0.1) is 0 Å². The van der Waals surface area contributed by atoms with Gasteiger partial charge in [0.15, 0.2) is 0 Å². The molecule has 0 bridgehead atoms. The largest absolute Gasteiger partial charge is 0.369 e. The summed E-state index contributed by atoms with van der Waals surface area (Å²) in [5, 5.41) is 0.758. The van der Waals surface area contributed by atoms with Crippen molar-refractivity contribution >= 4 is 33.4 Å². The molecule has 2 rings (SSSR count). The van der Waals surface area contributed by atoms with Crippen LogP contribution in [0.15, 0.2) is 22.7 Å². The van der Waals surface area contributed by atoms with E-state index in [0.29, 0.717) is 6.54 Å². The Hall–Kier alpha value is -0.190. The number of hydrogen-bond donors (Lipinski definition) is 1. The van der Waals surface area contributed by atoms with E-state index >= 15 is 0 Å². The molecular weight excluding hydrogens is 296 g/mol. The molecular formula is C13H19BrN2S. The monoisotopic (exact) mass is 314 g/mol. The van der Waals surface area contributed by atoms with E-state index in [-0.39, 0.29) is 0 Å². The molecule has 1 aromatic carbocycles. The van der Waals surface area contributed by atoms with Crippen molar-refractivity contribution in [3.05, 3.63) is 28.2 Å². The van der Waals surface area contributed by atoms with Crippen LogP contribution in [-0.4, -0.2) is 24.1 Å². The van der Waals surface area contributed by atoms with Crippen LogP contribution in [0.25, 0.3) is 0 Å².